The minimum absolute atomic E-state index is 0.0582. The van der Waals surface area contributed by atoms with Gasteiger partial charge in [0.1, 0.15) is 11.4 Å². The second-order valence-electron chi connectivity index (χ2n) is 7.71. The maximum atomic E-state index is 14.1. The summed E-state index contributed by atoms with van der Waals surface area (Å²) in [7, 11) is 1.67. The van der Waals surface area contributed by atoms with Gasteiger partial charge in [-0.25, -0.2) is 4.39 Å². The van der Waals surface area contributed by atoms with Crippen LogP contribution in [0, 0.1) is 5.82 Å². The predicted octanol–water partition coefficient (Wildman–Crippen LogP) is 2.85. The zero-order valence-corrected chi connectivity index (χ0v) is 17.1. The molecule has 9 heteroatoms. The molecule has 2 aromatic rings. The first kappa shape index (κ1) is 20.4. The van der Waals surface area contributed by atoms with Gasteiger partial charge in [0, 0.05) is 25.4 Å². The van der Waals surface area contributed by atoms with Crippen molar-refractivity contribution >= 4 is 23.4 Å². The molecule has 4 rings (SSSR count). The fourth-order valence-corrected chi connectivity index (χ4v) is 4.59. The van der Waals surface area contributed by atoms with E-state index in [1.54, 1.807) is 22.6 Å². The Morgan fingerprint density at radius 1 is 1.27 bits per heavy atom. The summed E-state index contributed by atoms with van der Waals surface area (Å²) in [6.45, 7) is -0.180. The molecule has 2 aliphatic rings. The molecule has 1 aromatic carbocycles. The van der Waals surface area contributed by atoms with Crippen molar-refractivity contribution in [2.24, 2.45) is 0 Å². The van der Waals surface area contributed by atoms with Gasteiger partial charge in [0.15, 0.2) is 11.4 Å². The number of nitrogens with zero attached hydrogens (tertiary/aromatic N) is 2. The Hall–Kier alpha value is -2.87. The van der Waals surface area contributed by atoms with Crippen LogP contribution in [0.2, 0.25) is 5.02 Å². The Labute approximate surface area is 177 Å². The molecule has 0 spiro atoms. The number of benzene rings is 1. The average molecular weight is 434 g/mol. The largest absolute Gasteiger partial charge is 0.503 e. The van der Waals surface area contributed by atoms with E-state index >= 15 is 0 Å². The molecule has 2 heterocycles. The van der Waals surface area contributed by atoms with Gasteiger partial charge in [0.2, 0.25) is 5.43 Å². The van der Waals surface area contributed by atoms with Crippen molar-refractivity contribution in [1.29, 1.82) is 0 Å². The summed E-state index contributed by atoms with van der Waals surface area (Å²) in [5.41, 5.74) is -1.15. The Bertz CT molecular complexity index is 1100. The molecule has 0 saturated heterocycles. The Kier molecular flexibility index (Phi) is 5.27. The molecule has 1 aromatic heterocycles. The van der Waals surface area contributed by atoms with Crippen LogP contribution < -0.4 is 10.7 Å². The van der Waals surface area contributed by atoms with Crippen LogP contribution in [0.3, 0.4) is 0 Å². The lowest BCUT2D eigenvalue weighted by molar-refractivity contribution is 0.0507. The van der Waals surface area contributed by atoms with Gasteiger partial charge < -0.3 is 19.9 Å². The van der Waals surface area contributed by atoms with Crippen LogP contribution in [-0.2, 0) is 6.54 Å². The third kappa shape index (κ3) is 3.25. The van der Waals surface area contributed by atoms with Crippen LogP contribution in [0.4, 0.5) is 4.39 Å². The monoisotopic (exact) mass is 433 g/mol. The van der Waals surface area contributed by atoms with Crippen molar-refractivity contribution in [3.63, 3.8) is 0 Å². The number of hydrogen-bond acceptors (Lipinski definition) is 4. The van der Waals surface area contributed by atoms with Crippen LogP contribution in [0.1, 0.15) is 58.1 Å². The Balaban J connectivity index is 1.69. The Morgan fingerprint density at radius 2 is 1.97 bits per heavy atom. The van der Waals surface area contributed by atoms with E-state index in [2.05, 4.69) is 5.32 Å². The number of fused-ring (bicyclic) bond motifs is 3. The van der Waals surface area contributed by atoms with Crippen molar-refractivity contribution in [3.05, 3.63) is 62.3 Å². The smallest absolute Gasteiger partial charge is 0.274 e. The number of rotatable bonds is 3. The standard InChI is InChI=1S/C21H21ClFN3O4/c1-25-14-7-2-3-8-15(14)26-10-12(18(27)19(28)17(26)21(25)30)20(29)24-9-11-5-4-6-13(22)16(11)23/h4-6,10,14-15,28H,2-3,7-9H2,1H3,(H,24,29)/t14-,15+/m1/s1. The topological polar surface area (TPSA) is 91.6 Å². The summed E-state index contributed by atoms with van der Waals surface area (Å²) in [5.74, 6) is -2.59. The number of aromatic nitrogens is 1. The highest BCUT2D eigenvalue weighted by molar-refractivity contribution is 6.30. The molecule has 2 amide bonds. The van der Waals surface area contributed by atoms with Gasteiger partial charge >= 0.3 is 0 Å². The quantitative estimate of drug-likeness (QED) is 0.778. The number of pyridine rings is 1. The first-order valence-corrected chi connectivity index (χ1v) is 10.2. The van der Waals surface area contributed by atoms with E-state index in [1.165, 1.54) is 18.3 Å². The van der Waals surface area contributed by atoms with E-state index in [1.807, 2.05) is 0 Å². The highest BCUT2D eigenvalue weighted by atomic mass is 35.5. The third-order valence-corrected chi connectivity index (χ3v) is 6.29. The van der Waals surface area contributed by atoms with Gasteiger partial charge in [-0.2, -0.15) is 0 Å². The first-order chi connectivity index (χ1) is 14.3. The maximum Gasteiger partial charge on any atom is 0.274 e. The molecular weight excluding hydrogens is 413 g/mol. The van der Waals surface area contributed by atoms with E-state index in [0.717, 1.165) is 25.7 Å². The number of hydrogen-bond donors (Lipinski definition) is 2. The van der Waals surface area contributed by atoms with Crippen LogP contribution in [-0.4, -0.2) is 39.5 Å². The number of carbonyl (C=O) groups excluding carboxylic acids is 2. The molecule has 1 fully saturated rings. The summed E-state index contributed by atoms with van der Waals surface area (Å²) in [6, 6.07) is 4.24. The molecule has 7 nitrogen and oxygen atoms in total. The lowest BCUT2D eigenvalue weighted by atomic mass is 9.86. The highest BCUT2D eigenvalue weighted by Crippen LogP contribution is 2.38. The minimum atomic E-state index is -0.929. The van der Waals surface area contributed by atoms with Crippen LogP contribution in [0.15, 0.2) is 29.2 Å². The van der Waals surface area contributed by atoms with E-state index in [0.29, 0.717) is 0 Å². The van der Waals surface area contributed by atoms with Crippen molar-refractivity contribution < 1.29 is 19.1 Å². The number of aromatic hydroxyl groups is 1. The number of halogens is 2. The average Bonchev–Trinajstić information content (AvgIpc) is 2.74. The van der Waals surface area contributed by atoms with Crippen molar-refractivity contribution in [3.8, 4) is 5.75 Å². The molecule has 2 N–H and O–H groups in total. The van der Waals surface area contributed by atoms with E-state index in [4.69, 9.17) is 11.6 Å². The molecule has 1 aliphatic carbocycles. The zero-order chi connectivity index (χ0) is 21.6. The lowest BCUT2D eigenvalue weighted by Gasteiger charge is -2.44. The predicted molar refractivity (Wildman–Crippen MR) is 108 cm³/mol. The van der Waals surface area contributed by atoms with Crippen LogP contribution >= 0.6 is 11.6 Å². The van der Waals surface area contributed by atoms with Crippen LogP contribution in [0.5, 0.6) is 5.75 Å². The molecule has 0 bridgehead atoms. The molecular formula is C21H21ClFN3O4. The van der Waals surface area contributed by atoms with E-state index < -0.39 is 28.8 Å². The summed E-state index contributed by atoms with van der Waals surface area (Å²) in [5, 5.41) is 12.9. The summed E-state index contributed by atoms with van der Waals surface area (Å²) in [6.07, 6.45) is 4.86. The summed E-state index contributed by atoms with van der Waals surface area (Å²) in [4.78, 5) is 39.7. The SMILES string of the molecule is CN1C(=O)c2c(O)c(=O)c(C(=O)NCc3cccc(Cl)c3F)cn2[C@H]2CCCC[C@H]21. The fourth-order valence-electron chi connectivity index (χ4n) is 4.40. The third-order valence-electron chi connectivity index (χ3n) is 6.00. The van der Waals surface area contributed by atoms with E-state index in [9.17, 15) is 23.9 Å². The maximum absolute atomic E-state index is 14.1. The zero-order valence-electron chi connectivity index (χ0n) is 16.3. The molecule has 0 unspecified atom stereocenters. The van der Waals surface area contributed by atoms with Gasteiger partial charge in [-0.05, 0) is 18.9 Å². The molecule has 0 radical (unpaired) electrons. The normalized spacial score (nSPS) is 20.5. The van der Waals surface area contributed by atoms with Gasteiger partial charge in [-0.15, -0.1) is 0 Å². The second kappa shape index (κ2) is 7.75. The molecule has 1 aliphatic heterocycles. The molecule has 1 saturated carbocycles. The molecule has 2 atom stereocenters. The number of nitrogens with one attached hydrogen (secondary N) is 1. The highest BCUT2D eigenvalue weighted by Gasteiger charge is 2.41. The number of likely N-dealkylation sites (N-methyl/N-ethyl adjacent to an activating group) is 1. The van der Waals surface area contributed by atoms with Crippen molar-refractivity contribution in [1.82, 2.24) is 14.8 Å². The number of carbonyl (C=O) groups is 2. The van der Waals surface area contributed by atoms with Gasteiger partial charge in [0.25, 0.3) is 11.8 Å². The van der Waals surface area contributed by atoms with Gasteiger partial charge in [-0.3, -0.25) is 14.4 Å². The second-order valence-corrected chi connectivity index (χ2v) is 8.11. The lowest BCUT2D eigenvalue weighted by Crippen LogP contribution is -2.51. The summed E-state index contributed by atoms with van der Waals surface area (Å²) >= 11 is 5.75. The van der Waals surface area contributed by atoms with Gasteiger partial charge in [-0.1, -0.05) is 36.6 Å². The van der Waals surface area contributed by atoms with Crippen LogP contribution in [0.25, 0.3) is 0 Å². The van der Waals surface area contributed by atoms with E-state index in [-0.39, 0.29) is 40.5 Å². The van der Waals surface area contributed by atoms with Crippen molar-refractivity contribution in [2.45, 2.75) is 44.3 Å². The molecule has 158 valence electrons. The fraction of sp³-hybridized carbons (Fsp3) is 0.381. The molecule has 30 heavy (non-hydrogen) atoms. The van der Waals surface area contributed by atoms with Gasteiger partial charge in [0.05, 0.1) is 17.1 Å². The summed E-state index contributed by atoms with van der Waals surface area (Å²) < 4.78 is 15.6. The Morgan fingerprint density at radius 3 is 2.70 bits per heavy atom. The minimum Gasteiger partial charge on any atom is -0.503 e. The number of amides is 2. The van der Waals surface area contributed by atoms with Crippen molar-refractivity contribution in [2.75, 3.05) is 7.05 Å². The first-order valence-electron chi connectivity index (χ1n) is 9.77.